The molecule has 2 unspecified atom stereocenters. The first-order valence-corrected chi connectivity index (χ1v) is 7.38. The van der Waals surface area contributed by atoms with Crippen LogP contribution in [0.15, 0.2) is 24.3 Å². The van der Waals surface area contributed by atoms with Crippen LogP contribution < -0.4 is 5.32 Å². The molecule has 2 atom stereocenters. The average molecular weight is 261 g/mol. The molecule has 0 fully saturated rings. The second-order valence-electron chi connectivity index (χ2n) is 7.85. The van der Waals surface area contributed by atoms with Crippen molar-refractivity contribution in [1.29, 1.82) is 0 Å². The highest BCUT2D eigenvalue weighted by atomic mass is 15.0. The molecule has 1 nitrogen and oxygen atoms in total. The third-order valence-electron chi connectivity index (χ3n) is 4.08. The second kappa shape index (κ2) is 5.66. The minimum Gasteiger partial charge on any atom is -0.307 e. The molecule has 0 bridgehead atoms. The quantitative estimate of drug-likeness (QED) is 0.801. The summed E-state index contributed by atoms with van der Waals surface area (Å²) in [6.45, 7) is 18.1. The summed E-state index contributed by atoms with van der Waals surface area (Å²) >= 11 is 0. The molecule has 0 amide bonds. The zero-order chi connectivity index (χ0) is 14.8. The van der Waals surface area contributed by atoms with Gasteiger partial charge in [-0.25, -0.2) is 0 Å². The minimum absolute atomic E-state index is 0.230. The molecule has 1 aromatic carbocycles. The van der Waals surface area contributed by atoms with Crippen molar-refractivity contribution in [2.24, 2.45) is 5.41 Å². The highest BCUT2D eigenvalue weighted by Gasteiger charge is 2.22. The molecule has 0 heterocycles. The molecule has 108 valence electrons. The molecule has 0 saturated carbocycles. The summed E-state index contributed by atoms with van der Waals surface area (Å²) in [5.74, 6) is 0. The molecule has 0 aliphatic rings. The Hall–Kier alpha value is -0.820. The number of hydrogen-bond acceptors (Lipinski definition) is 1. The lowest BCUT2D eigenvalue weighted by atomic mass is 9.85. The largest absolute Gasteiger partial charge is 0.307 e. The highest BCUT2D eigenvalue weighted by molar-refractivity contribution is 5.29. The van der Waals surface area contributed by atoms with Crippen molar-refractivity contribution in [3.8, 4) is 0 Å². The molecule has 0 saturated heterocycles. The van der Waals surface area contributed by atoms with Crippen LogP contribution in [0.4, 0.5) is 0 Å². The zero-order valence-electron chi connectivity index (χ0n) is 14.0. The van der Waals surface area contributed by atoms with Gasteiger partial charge in [-0.1, -0.05) is 65.8 Å². The molecule has 1 rings (SSSR count). The summed E-state index contributed by atoms with van der Waals surface area (Å²) in [7, 11) is 0. The Kier molecular flexibility index (Phi) is 4.84. The van der Waals surface area contributed by atoms with Crippen molar-refractivity contribution >= 4 is 0 Å². The lowest BCUT2D eigenvalue weighted by Crippen LogP contribution is -2.39. The van der Waals surface area contributed by atoms with Crippen LogP contribution in [0.25, 0.3) is 0 Å². The van der Waals surface area contributed by atoms with Crippen molar-refractivity contribution in [2.75, 3.05) is 0 Å². The lowest BCUT2D eigenvalue weighted by molar-refractivity contribution is 0.268. The van der Waals surface area contributed by atoms with Crippen LogP contribution in [0.2, 0.25) is 0 Å². The molecule has 1 aromatic rings. The molecular formula is C18H31N. The van der Waals surface area contributed by atoms with Crippen LogP contribution in [-0.2, 0) is 5.41 Å². The van der Waals surface area contributed by atoms with E-state index in [0.29, 0.717) is 17.5 Å². The standard InChI is InChI=1S/C18H31N/c1-13(19-14(2)17(3,4)5)15-9-11-16(12-10-15)18(6,7)8/h9-14,19H,1-8H3. The number of hydrogen-bond donors (Lipinski definition) is 1. The number of benzene rings is 1. The van der Waals surface area contributed by atoms with E-state index < -0.39 is 0 Å². The Morgan fingerprint density at radius 2 is 1.32 bits per heavy atom. The Bertz CT molecular complexity index is 389. The first-order chi connectivity index (χ1) is 8.51. The smallest absolute Gasteiger partial charge is 0.0294 e. The Balaban J connectivity index is 2.76. The fourth-order valence-electron chi connectivity index (χ4n) is 1.99. The van der Waals surface area contributed by atoms with Gasteiger partial charge in [0.05, 0.1) is 0 Å². The topological polar surface area (TPSA) is 12.0 Å². The summed E-state index contributed by atoms with van der Waals surface area (Å²) in [5, 5.41) is 3.69. The van der Waals surface area contributed by atoms with Gasteiger partial charge < -0.3 is 5.32 Å². The van der Waals surface area contributed by atoms with E-state index in [2.05, 4.69) is 85.0 Å². The van der Waals surface area contributed by atoms with Gasteiger partial charge in [0.1, 0.15) is 0 Å². The highest BCUT2D eigenvalue weighted by Crippen LogP contribution is 2.25. The average Bonchev–Trinajstić information content (AvgIpc) is 2.26. The van der Waals surface area contributed by atoms with E-state index in [-0.39, 0.29) is 5.41 Å². The van der Waals surface area contributed by atoms with E-state index in [4.69, 9.17) is 0 Å². The van der Waals surface area contributed by atoms with Gasteiger partial charge >= 0.3 is 0 Å². The SMILES string of the molecule is CC(NC(C)C(C)(C)C)c1ccc(C(C)(C)C)cc1. The van der Waals surface area contributed by atoms with E-state index in [9.17, 15) is 0 Å². The van der Waals surface area contributed by atoms with Crippen molar-refractivity contribution < 1.29 is 0 Å². The molecule has 0 radical (unpaired) electrons. The van der Waals surface area contributed by atoms with Gasteiger partial charge in [-0.3, -0.25) is 0 Å². The van der Waals surface area contributed by atoms with Crippen molar-refractivity contribution in [2.45, 2.75) is 72.9 Å². The number of nitrogens with one attached hydrogen (secondary N) is 1. The first-order valence-electron chi connectivity index (χ1n) is 7.38. The predicted octanol–water partition coefficient (Wildman–Crippen LogP) is 5.07. The van der Waals surface area contributed by atoms with Crippen molar-refractivity contribution in [1.82, 2.24) is 5.32 Å². The van der Waals surface area contributed by atoms with E-state index in [1.165, 1.54) is 11.1 Å². The van der Waals surface area contributed by atoms with Crippen LogP contribution in [0.3, 0.4) is 0 Å². The van der Waals surface area contributed by atoms with Gasteiger partial charge in [-0.15, -0.1) is 0 Å². The predicted molar refractivity (Wildman–Crippen MR) is 85.6 cm³/mol. The normalized spacial score (nSPS) is 16.2. The van der Waals surface area contributed by atoms with Crippen LogP contribution in [0.1, 0.15) is 72.6 Å². The monoisotopic (exact) mass is 261 g/mol. The maximum atomic E-state index is 3.69. The summed E-state index contributed by atoms with van der Waals surface area (Å²) in [5.41, 5.74) is 3.28. The van der Waals surface area contributed by atoms with E-state index in [1.54, 1.807) is 0 Å². The molecule has 1 heteroatoms. The maximum absolute atomic E-state index is 3.69. The van der Waals surface area contributed by atoms with E-state index >= 15 is 0 Å². The fourth-order valence-corrected chi connectivity index (χ4v) is 1.99. The fraction of sp³-hybridized carbons (Fsp3) is 0.667. The van der Waals surface area contributed by atoms with Gasteiger partial charge in [0.15, 0.2) is 0 Å². The Morgan fingerprint density at radius 1 is 0.842 bits per heavy atom. The van der Waals surface area contributed by atoms with Crippen LogP contribution in [0, 0.1) is 5.41 Å². The number of rotatable bonds is 3. The van der Waals surface area contributed by atoms with Gasteiger partial charge in [-0.2, -0.15) is 0 Å². The Labute approximate surface area is 119 Å². The maximum Gasteiger partial charge on any atom is 0.0294 e. The summed E-state index contributed by atoms with van der Waals surface area (Å²) < 4.78 is 0. The molecule has 0 aromatic heterocycles. The van der Waals surface area contributed by atoms with E-state index in [0.717, 1.165) is 0 Å². The Morgan fingerprint density at radius 3 is 1.68 bits per heavy atom. The molecule has 1 N–H and O–H groups in total. The van der Waals surface area contributed by atoms with E-state index in [1.807, 2.05) is 0 Å². The van der Waals surface area contributed by atoms with Crippen molar-refractivity contribution in [3.63, 3.8) is 0 Å². The lowest BCUT2D eigenvalue weighted by Gasteiger charge is -2.31. The van der Waals surface area contributed by atoms with Gasteiger partial charge in [-0.05, 0) is 35.8 Å². The molecule has 19 heavy (non-hydrogen) atoms. The van der Waals surface area contributed by atoms with Crippen LogP contribution >= 0.6 is 0 Å². The molecule has 0 spiro atoms. The molecular weight excluding hydrogens is 230 g/mol. The van der Waals surface area contributed by atoms with Crippen LogP contribution in [-0.4, -0.2) is 6.04 Å². The summed E-state index contributed by atoms with van der Waals surface area (Å²) in [6, 6.07) is 9.92. The first kappa shape index (κ1) is 16.2. The third kappa shape index (κ3) is 4.65. The van der Waals surface area contributed by atoms with Gasteiger partial charge in [0, 0.05) is 12.1 Å². The minimum atomic E-state index is 0.230. The molecule has 0 aliphatic heterocycles. The second-order valence-corrected chi connectivity index (χ2v) is 7.85. The summed E-state index contributed by atoms with van der Waals surface area (Å²) in [6.07, 6.45) is 0. The van der Waals surface area contributed by atoms with Gasteiger partial charge in [0.2, 0.25) is 0 Å². The van der Waals surface area contributed by atoms with Crippen molar-refractivity contribution in [3.05, 3.63) is 35.4 Å². The zero-order valence-corrected chi connectivity index (χ0v) is 14.0. The van der Waals surface area contributed by atoms with Gasteiger partial charge in [0.25, 0.3) is 0 Å². The molecule has 0 aliphatic carbocycles. The summed E-state index contributed by atoms with van der Waals surface area (Å²) in [4.78, 5) is 0. The van der Waals surface area contributed by atoms with Crippen LogP contribution in [0.5, 0.6) is 0 Å². The third-order valence-corrected chi connectivity index (χ3v) is 4.08.